The van der Waals surface area contributed by atoms with Gasteiger partial charge in [0.15, 0.2) is 12.4 Å². The Morgan fingerprint density at radius 2 is 1.67 bits per heavy atom. The standard InChI is InChI=1S/C26H28N2O5/c1-17(29)18-10-12-20(13-11-18)27-24(30)16-33-26(32)22-8-4-3-7-21(22)25(31)28-15-14-19-6-2-5-9-23(19)28/h2,5-6,9-13,21-22H,3-4,7-8,14-16H2,1H3,(H,27,30). The molecule has 0 radical (unpaired) electrons. The van der Waals surface area contributed by atoms with Crippen molar-refractivity contribution in [2.45, 2.75) is 39.0 Å². The van der Waals surface area contributed by atoms with Gasteiger partial charge in [-0.1, -0.05) is 31.0 Å². The zero-order valence-electron chi connectivity index (χ0n) is 18.7. The maximum absolute atomic E-state index is 13.3. The highest BCUT2D eigenvalue weighted by Crippen LogP contribution is 2.36. The zero-order valence-corrected chi connectivity index (χ0v) is 18.7. The van der Waals surface area contributed by atoms with Crippen molar-refractivity contribution in [1.82, 2.24) is 0 Å². The van der Waals surface area contributed by atoms with Crippen LogP contribution in [0.4, 0.5) is 11.4 Å². The van der Waals surface area contributed by atoms with Crippen LogP contribution in [-0.4, -0.2) is 36.7 Å². The maximum atomic E-state index is 13.3. The molecule has 2 amide bonds. The van der Waals surface area contributed by atoms with Crippen molar-refractivity contribution in [1.29, 1.82) is 0 Å². The second kappa shape index (κ2) is 9.98. The van der Waals surface area contributed by atoms with E-state index in [-0.39, 0.29) is 11.7 Å². The molecule has 1 fully saturated rings. The van der Waals surface area contributed by atoms with Crippen molar-refractivity contribution < 1.29 is 23.9 Å². The van der Waals surface area contributed by atoms with Crippen LogP contribution >= 0.6 is 0 Å². The predicted octanol–water partition coefficient (Wildman–Crippen LogP) is 3.77. The number of anilines is 2. The number of para-hydroxylation sites is 1. The fraction of sp³-hybridized carbons (Fsp3) is 0.385. The highest BCUT2D eigenvalue weighted by atomic mass is 16.5. The SMILES string of the molecule is CC(=O)c1ccc(NC(=O)COC(=O)C2CCCCC2C(=O)N2CCc3ccccc32)cc1. The summed E-state index contributed by atoms with van der Waals surface area (Å²) in [5, 5.41) is 2.65. The molecule has 2 aromatic carbocycles. The fourth-order valence-electron chi connectivity index (χ4n) is 4.70. The molecule has 1 aliphatic carbocycles. The minimum Gasteiger partial charge on any atom is -0.455 e. The number of carbonyl (C=O) groups is 4. The number of ether oxygens (including phenoxy) is 1. The lowest BCUT2D eigenvalue weighted by atomic mass is 9.78. The van der Waals surface area contributed by atoms with Crippen molar-refractivity contribution in [3.05, 3.63) is 59.7 Å². The molecule has 172 valence electrons. The molecule has 7 nitrogen and oxygen atoms in total. The van der Waals surface area contributed by atoms with E-state index in [1.165, 1.54) is 6.92 Å². The number of hydrogen-bond donors (Lipinski definition) is 1. The molecule has 4 rings (SSSR count). The lowest BCUT2D eigenvalue weighted by Crippen LogP contribution is -2.42. The lowest BCUT2D eigenvalue weighted by Gasteiger charge is -2.32. The molecule has 1 heterocycles. The van der Waals surface area contributed by atoms with Gasteiger partial charge in [0.05, 0.1) is 11.8 Å². The number of benzene rings is 2. The third-order valence-corrected chi connectivity index (χ3v) is 6.46. The Kier molecular flexibility index (Phi) is 6.87. The van der Waals surface area contributed by atoms with E-state index in [2.05, 4.69) is 5.32 Å². The summed E-state index contributed by atoms with van der Waals surface area (Å²) < 4.78 is 5.31. The van der Waals surface area contributed by atoms with Gasteiger partial charge < -0.3 is 15.0 Å². The van der Waals surface area contributed by atoms with E-state index in [9.17, 15) is 19.2 Å². The molecule has 1 saturated carbocycles. The highest BCUT2D eigenvalue weighted by molar-refractivity contribution is 6.00. The Bertz CT molecular complexity index is 1060. The third kappa shape index (κ3) is 5.13. The first-order chi connectivity index (χ1) is 15.9. The van der Waals surface area contributed by atoms with Crippen molar-refractivity contribution in [3.8, 4) is 0 Å². The molecular weight excluding hydrogens is 420 g/mol. The van der Waals surface area contributed by atoms with E-state index in [1.807, 2.05) is 24.3 Å². The van der Waals surface area contributed by atoms with Crippen molar-refractivity contribution >= 4 is 34.9 Å². The molecule has 0 bridgehead atoms. The van der Waals surface area contributed by atoms with Crippen LogP contribution in [0, 0.1) is 11.8 Å². The maximum Gasteiger partial charge on any atom is 0.310 e. The number of Topliss-reactive ketones (excluding diaryl/α,β-unsaturated/α-hetero) is 1. The topological polar surface area (TPSA) is 92.8 Å². The first-order valence-corrected chi connectivity index (χ1v) is 11.4. The number of ketones is 1. The Morgan fingerprint density at radius 1 is 0.970 bits per heavy atom. The molecule has 2 atom stereocenters. The smallest absolute Gasteiger partial charge is 0.310 e. The summed E-state index contributed by atoms with van der Waals surface area (Å²) in [4.78, 5) is 51.6. The van der Waals surface area contributed by atoms with Gasteiger partial charge in [0.2, 0.25) is 5.91 Å². The van der Waals surface area contributed by atoms with E-state index < -0.39 is 30.3 Å². The summed E-state index contributed by atoms with van der Waals surface area (Å²) in [6.07, 6.45) is 3.80. The Balaban J connectivity index is 1.35. The van der Waals surface area contributed by atoms with Crippen LogP contribution in [0.15, 0.2) is 48.5 Å². The molecule has 1 aliphatic heterocycles. The number of amides is 2. The first-order valence-electron chi connectivity index (χ1n) is 11.4. The Hall–Kier alpha value is -3.48. The molecular formula is C26H28N2O5. The largest absolute Gasteiger partial charge is 0.455 e. The van der Waals surface area contributed by atoms with E-state index in [0.29, 0.717) is 30.6 Å². The summed E-state index contributed by atoms with van der Waals surface area (Å²) in [7, 11) is 0. The predicted molar refractivity (Wildman–Crippen MR) is 124 cm³/mol. The van der Waals surface area contributed by atoms with Gasteiger partial charge in [-0.05, 0) is 62.1 Å². The van der Waals surface area contributed by atoms with Gasteiger partial charge in [0.25, 0.3) is 5.91 Å². The van der Waals surface area contributed by atoms with E-state index >= 15 is 0 Å². The highest BCUT2D eigenvalue weighted by Gasteiger charge is 2.40. The number of esters is 1. The molecule has 33 heavy (non-hydrogen) atoms. The van der Waals surface area contributed by atoms with Crippen LogP contribution < -0.4 is 10.2 Å². The number of fused-ring (bicyclic) bond motifs is 1. The van der Waals surface area contributed by atoms with Gasteiger partial charge in [-0.2, -0.15) is 0 Å². The monoisotopic (exact) mass is 448 g/mol. The number of nitrogens with one attached hydrogen (secondary N) is 1. The summed E-state index contributed by atoms with van der Waals surface area (Å²) in [6.45, 7) is 1.68. The number of rotatable bonds is 6. The molecule has 1 N–H and O–H groups in total. The van der Waals surface area contributed by atoms with E-state index in [1.54, 1.807) is 29.2 Å². The summed E-state index contributed by atoms with van der Waals surface area (Å²) in [5.74, 6) is -2.03. The van der Waals surface area contributed by atoms with Crippen LogP contribution in [-0.2, 0) is 25.5 Å². The molecule has 2 aromatic rings. The van der Waals surface area contributed by atoms with Crippen LogP contribution in [0.2, 0.25) is 0 Å². The van der Waals surface area contributed by atoms with Crippen molar-refractivity contribution in [3.63, 3.8) is 0 Å². The fourth-order valence-corrected chi connectivity index (χ4v) is 4.70. The third-order valence-electron chi connectivity index (χ3n) is 6.46. The first kappa shape index (κ1) is 22.7. The molecule has 2 aliphatic rings. The average molecular weight is 449 g/mol. The van der Waals surface area contributed by atoms with Crippen LogP contribution in [0.3, 0.4) is 0 Å². The second-order valence-corrected chi connectivity index (χ2v) is 8.66. The van der Waals surface area contributed by atoms with Crippen LogP contribution in [0.1, 0.15) is 48.5 Å². The normalized spacial score (nSPS) is 19.5. The number of nitrogens with zero attached hydrogens (tertiary/aromatic N) is 1. The second-order valence-electron chi connectivity index (χ2n) is 8.66. The number of carbonyl (C=O) groups excluding carboxylic acids is 4. The van der Waals surface area contributed by atoms with Crippen LogP contribution in [0.25, 0.3) is 0 Å². The summed E-state index contributed by atoms with van der Waals surface area (Å²) in [5.41, 5.74) is 3.14. The summed E-state index contributed by atoms with van der Waals surface area (Å²) >= 11 is 0. The number of hydrogen-bond acceptors (Lipinski definition) is 5. The molecule has 0 aromatic heterocycles. The van der Waals surface area contributed by atoms with Gasteiger partial charge in [-0.15, -0.1) is 0 Å². The van der Waals surface area contributed by atoms with Crippen molar-refractivity contribution in [2.75, 3.05) is 23.4 Å². The van der Waals surface area contributed by atoms with Gasteiger partial charge in [0, 0.05) is 23.5 Å². The summed E-state index contributed by atoms with van der Waals surface area (Å²) in [6, 6.07) is 14.4. The Morgan fingerprint density at radius 3 is 2.39 bits per heavy atom. The zero-order chi connectivity index (χ0) is 23.4. The van der Waals surface area contributed by atoms with Crippen molar-refractivity contribution in [2.24, 2.45) is 11.8 Å². The minimum absolute atomic E-state index is 0.0309. The molecule has 7 heteroatoms. The molecule has 2 unspecified atom stereocenters. The quantitative estimate of drug-likeness (QED) is 0.536. The van der Waals surface area contributed by atoms with E-state index in [0.717, 1.165) is 30.5 Å². The van der Waals surface area contributed by atoms with Gasteiger partial charge >= 0.3 is 5.97 Å². The van der Waals surface area contributed by atoms with Gasteiger partial charge in [-0.25, -0.2) is 0 Å². The van der Waals surface area contributed by atoms with E-state index in [4.69, 9.17) is 4.74 Å². The molecule has 0 saturated heterocycles. The Labute approximate surface area is 193 Å². The average Bonchev–Trinajstić information content (AvgIpc) is 3.26. The minimum atomic E-state index is -0.540. The molecule has 0 spiro atoms. The van der Waals surface area contributed by atoms with Gasteiger partial charge in [0.1, 0.15) is 0 Å². The van der Waals surface area contributed by atoms with Gasteiger partial charge in [-0.3, -0.25) is 19.2 Å². The lowest BCUT2D eigenvalue weighted by molar-refractivity contribution is -0.156. The van der Waals surface area contributed by atoms with Crippen LogP contribution in [0.5, 0.6) is 0 Å².